The van der Waals surface area contributed by atoms with Gasteiger partial charge >= 0.3 is 0 Å². The summed E-state index contributed by atoms with van der Waals surface area (Å²) in [6.45, 7) is 4.27. The molecule has 1 amide bonds. The summed E-state index contributed by atoms with van der Waals surface area (Å²) >= 11 is 0. The monoisotopic (exact) mass is 286 g/mol. The Morgan fingerprint density at radius 2 is 2.10 bits per heavy atom. The minimum Gasteiger partial charge on any atom is -0.377 e. The van der Waals surface area contributed by atoms with Gasteiger partial charge in [0.15, 0.2) is 0 Å². The van der Waals surface area contributed by atoms with Crippen molar-refractivity contribution in [2.75, 3.05) is 12.4 Å². The molecule has 0 fully saturated rings. The van der Waals surface area contributed by atoms with E-state index in [0.717, 1.165) is 16.9 Å². The van der Waals surface area contributed by atoms with Crippen LogP contribution in [0, 0.1) is 0 Å². The molecule has 21 heavy (non-hydrogen) atoms. The van der Waals surface area contributed by atoms with E-state index in [1.54, 1.807) is 18.0 Å². The van der Waals surface area contributed by atoms with Crippen LogP contribution in [0.4, 0.5) is 5.69 Å². The number of carbonyl (C=O) groups excluding carboxylic acids is 1. The van der Waals surface area contributed by atoms with Gasteiger partial charge in [0.25, 0.3) is 0 Å². The number of rotatable bonds is 5. The topological polar surface area (TPSA) is 50.2 Å². The number of anilines is 1. The third-order valence-electron chi connectivity index (χ3n) is 3.64. The first-order valence-corrected chi connectivity index (χ1v) is 7.03. The highest BCUT2D eigenvalue weighted by atomic mass is 16.2. The van der Waals surface area contributed by atoms with Gasteiger partial charge in [-0.3, -0.25) is 9.48 Å². The van der Waals surface area contributed by atoms with E-state index in [0.29, 0.717) is 6.54 Å². The average Bonchev–Trinajstić information content (AvgIpc) is 2.87. The summed E-state index contributed by atoms with van der Waals surface area (Å²) in [4.78, 5) is 13.1. The van der Waals surface area contributed by atoms with E-state index < -0.39 is 0 Å². The summed E-state index contributed by atoms with van der Waals surface area (Å²) in [5.41, 5.74) is 3.26. The van der Waals surface area contributed by atoms with Crippen molar-refractivity contribution in [3.63, 3.8) is 0 Å². The number of benzene rings is 1. The van der Waals surface area contributed by atoms with Crippen LogP contribution in [0.15, 0.2) is 36.5 Å². The Labute approximate surface area is 125 Å². The molecule has 1 N–H and O–H groups in total. The molecule has 0 saturated carbocycles. The van der Waals surface area contributed by atoms with E-state index in [-0.39, 0.29) is 11.9 Å². The van der Waals surface area contributed by atoms with Crippen molar-refractivity contribution in [1.82, 2.24) is 14.7 Å². The average molecular weight is 286 g/mol. The molecule has 112 valence electrons. The second kappa shape index (κ2) is 6.43. The van der Waals surface area contributed by atoms with Crippen LogP contribution >= 0.6 is 0 Å². The van der Waals surface area contributed by atoms with Crippen molar-refractivity contribution in [2.24, 2.45) is 7.05 Å². The quantitative estimate of drug-likeness (QED) is 0.919. The number of hydrogen-bond donors (Lipinski definition) is 1. The lowest BCUT2D eigenvalue weighted by Gasteiger charge is -2.21. The molecule has 0 bridgehead atoms. The second-order valence-corrected chi connectivity index (χ2v) is 5.28. The molecular formula is C16H22N4O. The standard InChI is InChI=1S/C16H22N4O/c1-12(16-9-10-17-20(16)4)18-15-8-6-5-7-14(15)11-19(3)13(2)21/h5-10,12,18H,11H2,1-4H3. The van der Waals surface area contributed by atoms with Crippen molar-refractivity contribution in [1.29, 1.82) is 0 Å². The zero-order valence-corrected chi connectivity index (χ0v) is 13.0. The fourth-order valence-electron chi connectivity index (χ4n) is 2.28. The first-order chi connectivity index (χ1) is 9.99. The Balaban J connectivity index is 2.17. The number of nitrogens with zero attached hydrogens (tertiary/aromatic N) is 3. The fourth-order valence-corrected chi connectivity index (χ4v) is 2.28. The highest BCUT2D eigenvalue weighted by Crippen LogP contribution is 2.23. The molecule has 0 aliphatic carbocycles. The van der Waals surface area contributed by atoms with Gasteiger partial charge in [0.05, 0.1) is 11.7 Å². The molecule has 0 aliphatic rings. The van der Waals surface area contributed by atoms with Crippen LogP contribution in [0.2, 0.25) is 0 Å². The second-order valence-electron chi connectivity index (χ2n) is 5.28. The predicted molar refractivity (Wildman–Crippen MR) is 83.8 cm³/mol. The Morgan fingerprint density at radius 1 is 1.38 bits per heavy atom. The maximum absolute atomic E-state index is 11.4. The third-order valence-corrected chi connectivity index (χ3v) is 3.64. The number of nitrogens with one attached hydrogen (secondary N) is 1. The normalized spacial score (nSPS) is 12.0. The molecule has 0 saturated heterocycles. The number of amides is 1. The zero-order chi connectivity index (χ0) is 15.4. The van der Waals surface area contributed by atoms with Gasteiger partial charge in [0.1, 0.15) is 0 Å². The summed E-state index contributed by atoms with van der Waals surface area (Å²) in [6, 6.07) is 10.2. The molecule has 0 spiro atoms. The minimum absolute atomic E-state index is 0.0597. The van der Waals surface area contributed by atoms with Gasteiger partial charge < -0.3 is 10.2 Å². The lowest BCUT2D eigenvalue weighted by Crippen LogP contribution is -2.24. The van der Waals surface area contributed by atoms with Crippen LogP contribution in [0.5, 0.6) is 0 Å². The first-order valence-electron chi connectivity index (χ1n) is 7.03. The van der Waals surface area contributed by atoms with E-state index >= 15 is 0 Å². The van der Waals surface area contributed by atoms with Crippen LogP contribution in [0.1, 0.15) is 31.1 Å². The SMILES string of the molecule is CC(=O)N(C)Cc1ccccc1NC(C)c1ccnn1C. The highest BCUT2D eigenvalue weighted by Gasteiger charge is 2.12. The molecule has 1 aromatic heterocycles. The molecular weight excluding hydrogens is 264 g/mol. The van der Waals surface area contributed by atoms with Crippen molar-refractivity contribution < 1.29 is 4.79 Å². The molecule has 2 aromatic rings. The molecule has 0 aliphatic heterocycles. The maximum Gasteiger partial charge on any atom is 0.219 e. The molecule has 1 unspecified atom stereocenters. The Morgan fingerprint density at radius 3 is 2.71 bits per heavy atom. The maximum atomic E-state index is 11.4. The number of para-hydroxylation sites is 1. The highest BCUT2D eigenvalue weighted by molar-refractivity contribution is 5.73. The van der Waals surface area contributed by atoms with Crippen LogP contribution in [-0.4, -0.2) is 27.6 Å². The van der Waals surface area contributed by atoms with E-state index in [1.807, 2.05) is 49.1 Å². The molecule has 5 nitrogen and oxygen atoms in total. The lowest BCUT2D eigenvalue weighted by atomic mass is 10.1. The van der Waals surface area contributed by atoms with Crippen LogP contribution in [0.25, 0.3) is 0 Å². The van der Waals surface area contributed by atoms with Gasteiger partial charge in [0.2, 0.25) is 5.91 Å². The Kier molecular flexibility index (Phi) is 4.62. The van der Waals surface area contributed by atoms with Gasteiger partial charge in [-0.05, 0) is 24.6 Å². The van der Waals surface area contributed by atoms with Crippen LogP contribution < -0.4 is 5.32 Å². The fraction of sp³-hybridized carbons (Fsp3) is 0.375. The zero-order valence-electron chi connectivity index (χ0n) is 13.0. The lowest BCUT2D eigenvalue weighted by molar-refractivity contribution is -0.128. The molecule has 0 radical (unpaired) electrons. The summed E-state index contributed by atoms with van der Waals surface area (Å²) in [7, 11) is 3.74. The van der Waals surface area contributed by atoms with E-state index in [9.17, 15) is 4.79 Å². The van der Waals surface area contributed by atoms with Gasteiger partial charge in [-0.25, -0.2) is 0 Å². The summed E-state index contributed by atoms with van der Waals surface area (Å²) in [5, 5.41) is 7.70. The molecule has 5 heteroatoms. The van der Waals surface area contributed by atoms with Gasteiger partial charge in [-0.2, -0.15) is 5.10 Å². The minimum atomic E-state index is 0.0597. The number of hydrogen-bond acceptors (Lipinski definition) is 3. The van der Waals surface area contributed by atoms with Gasteiger partial charge in [0, 0.05) is 39.4 Å². The van der Waals surface area contributed by atoms with Crippen molar-refractivity contribution in [3.8, 4) is 0 Å². The Hall–Kier alpha value is -2.30. The number of aryl methyl sites for hydroxylation is 1. The molecule has 1 aromatic carbocycles. The summed E-state index contributed by atoms with van der Waals surface area (Å²) in [6.07, 6.45) is 1.79. The van der Waals surface area contributed by atoms with Crippen molar-refractivity contribution >= 4 is 11.6 Å². The van der Waals surface area contributed by atoms with Crippen molar-refractivity contribution in [3.05, 3.63) is 47.8 Å². The number of carbonyl (C=O) groups is 1. The molecule has 1 heterocycles. The van der Waals surface area contributed by atoms with E-state index in [2.05, 4.69) is 17.3 Å². The number of aromatic nitrogens is 2. The van der Waals surface area contributed by atoms with Gasteiger partial charge in [-0.1, -0.05) is 18.2 Å². The van der Waals surface area contributed by atoms with E-state index in [4.69, 9.17) is 0 Å². The van der Waals surface area contributed by atoms with Gasteiger partial charge in [-0.15, -0.1) is 0 Å². The summed E-state index contributed by atoms with van der Waals surface area (Å²) < 4.78 is 1.86. The Bertz CT molecular complexity index is 620. The van der Waals surface area contributed by atoms with Crippen LogP contribution in [-0.2, 0) is 18.4 Å². The molecule has 2 rings (SSSR count). The third kappa shape index (κ3) is 3.62. The first kappa shape index (κ1) is 15.1. The largest absolute Gasteiger partial charge is 0.377 e. The van der Waals surface area contributed by atoms with Crippen molar-refractivity contribution in [2.45, 2.75) is 26.4 Å². The van der Waals surface area contributed by atoms with Crippen LogP contribution in [0.3, 0.4) is 0 Å². The smallest absolute Gasteiger partial charge is 0.219 e. The predicted octanol–water partition coefficient (Wildman–Crippen LogP) is 2.57. The summed E-state index contributed by atoms with van der Waals surface area (Å²) in [5.74, 6) is 0.0597. The van der Waals surface area contributed by atoms with E-state index in [1.165, 1.54) is 0 Å². The molecule has 1 atom stereocenters.